The summed E-state index contributed by atoms with van der Waals surface area (Å²) in [5.41, 5.74) is 1.41. The van der Waals surface area contributed by atoms with Crippen LogP contribution < -0.4 is 4.43 Å². The Morgan fingerprint density at radius 3 is 1.56 bits per heavy atom. The van der Waals surface area contributed by atoms with Gasteiger partial charge in [0.25, 0.3) is 0 Å². The molecule has 0 aliphatic rings. The summed E-state index contributed by atoms with van der Waals surface area (Å²) in [7, 11) is -0.595. The zero-order valence-corrected chi connectivity index (χ0v) is 32.4. The highest BCUT2D eigenvalue weighted by Gasteiger charge is 2.39. The molecule has 0 heterocycles. The van der Waals surface area contributed by atoms with Crippen molar-refractivity contribution in [3.05, 3.63) is 56.5 Å². The zero-order valence-electron chi connectivity index (χ0n) is 26.5. The van der Waals surface area contributed by atoms with Crippen LogP contribution in [0.15, 0.2) is 45.3 Å². The SMILES string of the molecule is CC(C)(C)[Si](C)(C)Cl.COC(=O)Cc1cc(Br)ccc1O.COC(=O)Cc1cc(Br)ccc1O[Si](C)(C)C(C)(C)C. The maximum absolute atomic E-state index is 11.5. The van der Waals surface area contributed by atoms with Gasteiger partial charge in [-0.3, -0.25) is 9.59 Å². The van der Waals surface area contributed by atoms with E-state index in [1.54, 1.807) is 12.1 Å². The van der Waals surface area contributed by atoms with Gasteiger partial charge in [0.05, 0.1) is 27.1 Å². The molecule has 41 heavy (non-hydrogen) atoms. The molecule has 0 bridgehead atoms. The van der Waals surface area contributed by atoms with Crippen LogP contribution in [0.25, 0.3) is 0 Å². The van der Waals surface area contributed by atoms with Crippen LogP contribution >= 0.6 is 42.9 Å². The minimum atomic E-state index is -1.92. The summed E-state index contributed by atoms with van der Waals surface area (Å²) >= 11 is 12.8. The Hall–Kier alpha value is -1.34. The molecule has 2 aromatic carbocycles. The number of methoxy groups -OCH3 is 2. The Kier molecular flexibility index (Phi) is 16.0. The third kappa shape index (κ3) is 14.6. The van der Waals surface area contributed by atoms with Crippen molar-refractivity contribution in [1.29, 1.82) is 0 Å². The molecular weight excluding hydrogens is 708 g/mol. The second-order valence-corrected chi connectivity index (χ2v) is 26.5. The van der Waals surface area contributed by atoms with E-state index in [0.717, 1.165) is 20.3 Å². The van der Waals surface area contributed by atoms with Crippen molar-refractivity contribution in [2.24, 2.45) is 0 Å². The Morgan fingerprint density at radius 1 is 0.780 bits per heavy atom. The van der Waals surface area contributed by atoms with Gasteiger partial charge in [-0.05, 0) is 59.6 Å². The van der Waals surface area contributed by atoms with Crippen molar-refractivity contribution in [2.75, 3.05) is 14.2 Å². The first-order valence-electron chi connectivity index (χ1n) is 13.2. The molecule has 2 aromatic rings. The fraction of sp³-hybridized carbons (Fsp3) is 0.533. The van der Waals surface area contributed by atoms with Gasteiger partial charge in [-0.15, -0.1) is 0 Å². The molecular formula is C30H47Br2ClO6Si2. The molecule has 0 saturated carbocycles. The summed E-state index contributed by atoms with van der Waals surface area (Å²) in [6, 6.07) is 10.7. The molecule has 11 heteroatoms. The Labute approximate surface area is 270 Å². The van der Waals surface area contributed by atoms with E-state index >= 15 is 0 Å². The molecule has 0 amide bonds. The summed E-state index contributed by atoms with van der Waals surface area (Å²) in [6.07, 6.45) is 0.307. The highest BCUT2D eigenvalue weighted by Crippen LogP contribution is 2.39. The van der Waals surface area contributed by atoms with Crippen molar-refractivity contribution < 1.29 is 28.6 Å². The standard InChI is InChI=1S/C15H23BrO3Si.C9H9BrO3.C6H15ClSi/c1-15(2,3)20(5,6)19-13-8-7-12(16)9-11(13)10-14(17)18-4;1-13-9(12)5-6-4-7(10)2-3-8(6)11;1-6(2,3)8(4,5)7/h7-9H,10H2,1-6H3;2-4,11H,5H2,1H3;1-5H3. The Bertz CT molecular complexity index is 1140. The zero-order chi connectivity index (χ0) is 32.4. The lowest BCUT2D eigenvalue weighted by Gasteiger charge is -2.37. The summed E-state index contributed by atoms with van der Waals surface area (Å²) in [6.45, 7) is 21.9. The predicted molar refractivity (Wildman–Crippen MR) is 182 cm³/mol. The van der Waals surface area contributed by atoms with E-state index in [9.17, 15) is 14.7 Å². The smallest absolute Gasteiger partial charge is 0.310 e. The third-order valence-electron chi connectivity index (χ3n) is 7.14. The van der Waals surface area contributed by atoms with Crippen LogP contribution in [0.4, 0.5) is 0 Å². The van der Waals surface area contributed by atoms with Crippen LogP contribution in [-0.2, 0) is 31.9 Å². The van der Waals surface area contributed by atoms with Gasteiger partial charge in [-0.1, -0.05) is 86.5 Å². The largest absolute Gasteiger partial charge is 0.543 e. The minimum absolute atomic E-state index is 0.0851. The quantitative estimate of drug-likeness (QED) is 0.180. The minimum Gasteiger partial charge on any atom is -0.543 e. The summed E-state index contributed by atoms with van der Waals surface area (Å²) in [4.78, 5) is 22.4. The highest BCUT2D eigenvalue weighted by molar-refractivity contribution is 9.10. The van der Waals surface area contributed by atoms with Gasteiger partial charge in [0, 0.05) is 20.1 Å². The average molecular weight is 755 g/mol. The number of benzene rings is 2. The average Bonchev–Trinajstić information content (AvgIpc) is 2.81. The molecule has 0 atom stereocenters. The molecule has 0 spiro atoms. The first kappa shape index (κ1) is 39.7. The maximum atomic E-state index is 11.5. The van der Waals surface area contributed by atoms with Crippen LogP contribution in [0.5, 0.6) is 11.5 Å². The van der Waals surface area contributed by atoms with Crippen LogP contribution in [-0.4, -0.2) is 47.0 Å². The number of carbonyl (C=O) groups excluding carboxylic acids is 2. The van der Waals surface area contributed by atoms with Gasteiger partial charge in [0.15, 0.2) is 7.38 Å². The highest BCUT2D eigenvalue weighted by atomic mass is 79.9. The van der Waals surface area contributed by atoms with E-state index in [-0.39, 0.29) is 35.6 Å². The maximum Gasteiger partial charge on any atom is 0.310 e. The number of carbonyl (C=O) groups is 2. The van der Waals surface area contributed by atoms with Gasteiger partial charge in [-0.25, -0.2) is 0 Å². The van der Waals surface area contributed by atoms with Crippen molar-refractivity contribution >= 4 is 70.6 Å². The second-order valence-electron chi connectivity index (χ2n) is 12.6. The lowest BCUT2D eigenvalue weighted by molar-refractivity contribution is -0.140. The van der Waals surface area contributed by atoms with Crippen LogP contribution in [0.3, 0.4) is 0 Å². The number of aromatic hydroxyl groups is 1. The second kappa shape index (κ2) is 16.5. The van der Waals surface area contributed by atoms with E-state index in [1.807, 2.05) is 18.2 Å². The molecule has 0 unspecified atom stereocenters. The number of ether oxygens (including phenoxy) is 2. The van der Waals surface area contributed by atoms with Gasteiger partial charge < -0.3 is 19.0 Å². The van der Waals surface area contributed by atoms with Crippen LogP contribution in [0, 0.1) is 0 Å². The van der Waals surface area contributed by atoms with Gasteiger partial charge in [-0.2, -0.15) is 11.1 Å². The first-order chi connectivity index (χ1) is 18.4. The number of rotatable bonds is 6. The molecule has 1 N–H and O–H groups in total. The fourth-order valence-corrected chi connectivity index (χ4v) is 4.24. The number of halogens is 3. The third-order valence-corrected chi connectivity index (χ3v) is 17.7. The summed E-state index contributed by atoms with van der Waals surface area (Å²) < 4.78 is 17.3. The number of hydrogen-bond acceptors (Lipinski definition) is 6. The monoisotopic (exact) mass is 752 g/mol. The summed E-state index contributed by atoms with van der Waals surface area (Å²) in [5.74, 6) is 0.260. The molecule has 0 aliphatic heterocycles. The van der Waals surface area contributed by atoms with E-state index < -0.39 is 15.7 Å². The number of esters is 2. The number of phenols is 1. The fourth-order valence-electron chi connectivity index (χ4n) is 2.36. The van der Waals surface area contributed by atoms with E-state index in [1.165, 1.54) is 20.3 Å². The van der Waals surface area contributed by atoms with Crippen molar-refractivity contribution in [1.82, 2.24) is 0 Å². The summed E-state index contributed by atoms with van der Waals surface area (Å²) in [5, 5.41) is 9.81. The van der Waals surface area contributed by atoms with Gasteiger partial charge >= 0.3 is 11.9 Å². The first-order valence-corrected chi connectivity index (χ1v) is 21.7. The lowest BCUT2D eigenvalue weighted by Crippen LogP contribution is -2.44. The molecule has 0 aromatic heterocycles. The topological polar surface area (TPSA) is 82.1 Å². The Balaban J connectivity index is 0.000000652. The lowest BCUT2D eigenvalue weighted by atomic mass is 10.1. The van der Waals surface area contributed by atoms with Gasteiger partial charge in [0.2, 0.25) is 8.32 Å². The molecule has 232 valence electrons. The predicted octanol–water partition coefficient (Wildman–Crippen LogP) is 9.65. The number of hydrogen-bond donors (Lipinski definition) is 1. The van der Waals surface area contributed by atoms with E-state index in [0.29, 0.717) is 10.6 Å². The number of phenolic OH excluding ortho intramolecular Hbond substituents is 1. The van der Waals surface area contributed by atoms with Crippen molar-refractivity contribution in [2.45, 2.75) is 90.6 Å². The van der Waals surface area contributed by atoms with Crippen molar-refractivity contribution in [3.63, 3.8) is 0 Å². The molecule has 0 radical (unpaired) electrons. The normalized spacial score (nSPS) is 11.8. The molecule has 6 nitrogen and oxygen atoms in total. The molecule has 0 aliphatic carbocycles. The van der Waals surface area contributed by atoms with E-state index in [2.05, 4.69) is 104 Å². The molecule has 2 rings (SSSR count). The van der Waals surface area contributed by atoms with Gasteiger partial charge in [0.1, 0.15) is 11.5 Å². The van der Waals surface area contributed by atoms with E-state index in [4.69, 9.17) is 20.2 Å². The van der Waals surface area contributed by atoms with Crippen LogP contribution in [0.2, 0.25) is 36.3 Å². The van der Waals surface area contributed by atoms with Crippen molar-refractivity contribution in [3.8, 4) is 11.5 Å². The van der Waals surface area contributed by atoms with Crippen LogP contribution in [0.1, 0.15) is 52.7 Å². The Morgan fingerprint density at radius 2 is 1.17 bits per heavy atom. The molecule has 0 saturated heterocycles. The molecule has 0 fully saturated rings.